The normalized spacial score (nSPS) is 15.4. The number of aryl methyl sites for hydroxylation is 1. The minimum absolute atomic E-state index is 0.0727. The smallest absolute Gasteiger partial charge is 0.332 e. The van der Waals surface area contributed by atoms with E-state index in [4.69, 9.17) is 13.9 Å². The molecule has 0 aliphatic carbocycles. The number of ether oxygens (including phenoxy) is 2. The summed E-state index contributed by atoms with van der Waals surface area (Å²) in [6.07, 6.45) is 2.36. The summed E-state index contributed by atoms with van der Waals surface area (Å²) in [5.74, 6) is -0.569. The Hall–Kier alpha value is -5.22. The van der Waals surface area contributed by atoms with Crippen molar-refractivity contribution in [2.24, 2.45) is 0 Å². The third kappa shape index (κ3) is 6.97. The molecule has 3 aromatic carbocycles. The summed E-state index contributed by atoms with van der Waals surface area (Å²) in [6.45, 7) is 8.77. The van der Waals surface area contributed by atoms with Crippen LogP contribution in [0.2, 0.25) is 5.04 Å². The minimum Gasteiger partial charge on any atom is -0.496 e. The zero-order valence-corrected chi connectivity index (χ0v) is 33.1. The van der Waals surface area contributed by atoms with Crippen molar-refractivity contribution >= 4 is 46.2 Å². The highest BCUT2D eigenvalue weighted by Crippen LogP contribution is 2.38. The number of carbonyl (C=O) groups is 1. The van der Waals surface area contributed by atoms with Crippen molar-refractivity contribution in [1.29, 1.82) is 0 Å². The number of methoxy groups -OCH3 is 1. The summed E-state index contributed by atoms with van der Waals surface area (Å²) in [5.41, 5.74) is -0.341. The van der Waals surface area contributed by atoms with Crippen molar-refractivity contribution < 1.29 is 23.1 Å². The van der Waals surface area contributed by atoms with Gasteiger partial charge in [0.1, 0.15) is 33.5 Å². The number of thiophene rings is 1. The van der Waals surface area contributed by atoms with E-state index in [9.17, 15) is 14.4 Å². The third-order valence-corrected chi connectivity index (χ3v) is 16.5. The van der Waals surface area contributed by atoms with Gasteiger partial charge in [0, 0.05) is 17.7 Å². The molecule has 1 amide bonds. The van der Waals surface area contributed by atoms with E-state index in [1.54, 1.807) is 6.92 Å². The number of nitrogens with one attached hydrogen (secondary N) is 1. The lowest BCUT2D eigenvalue weighted by atomic mass is 10.1. The van der Waals surface area contributed by atoms with Crippen LogP contribution in [0.3, 0.4) is 0 Å². The first kappa shape index (κ1) is 38.1. The number of rotatable bonds is 13. The Labute approximate surface area is 322 Å². The molecule has 0 saturated carbocycles. The fraction of sp³-hybridized carbons (Fsp3) is 0.325. The van der Waals surface area contributed by atoms with E-state index in [0.29, 0.717) is 33.3 Å². The van der Waals surface area contributed by atoms with Crippen LogP contribution in [0.5, 0.6) is 5.75 Å². The van der Waals surface area contributed by atoms with E-state index in [1.165, 1.54) is 58.4 Å². The second-order valence-electron chi connectivity index (χ2n) is 14.5. The lowest BCUT2D eigenvalue weighted by Gasteiger charge is -2.43. The maximum atomic E-state index is 15.0. The number of benzene rings is 3. The molecule has 7 rings (SSSR count). The van der Waals surface area contributed by atoms with Gasteiger partial charge in [0.25, 0.3) is 13.9 Å². The molecule has 0 spiro atoms. The van der Waals surface area contributed by atoms with Crippen LogP contribution in [0.4, 0.5) is 4.39 Å². The summed E-state index contributed by atoms with van der Waals surface area (Å²) in [7, 11) is -1.44. The molecule has 1 saturated heterocycles. The zero-order chi connectivity index (χ0) is 38.9. The van der Waals surface area contributed by atoms with Gasteiger partial charge in [-0.15, -0.1) is 4.80 Å². The Balaban J connectivity index is 1.32. The molecule has 0 radical (unpaired) electrons. The Morgan fingerprint density at radius 3 is 2.20 bits per heavy atom. The molecule has 2 atom stereocenters. The van der Waals surface area contributed by atoms with Crippen LogP contribution in [0.1, 0.15) is 50.5 Å². The lowest BCUT2D eigenvalue weighted by molar-refractivity contribution is -0.122. The number of halogens is 1. The van der Waals surface area contributed by atoms with Gasteiger partial charge in [0.15, 0.2) is 0 Å². The maximum absolute atomic E-state index is 15.0. The van der Waals surface area contributed by atoms with Gasteiger partial charge < -0.3 is 19.2 Å². The predicted octanol–water partition coefficient (Wildman–Crippen LogP) is 4.66. The van der Waals surface area contributed by atoms with Gasteiger partial charge >= 0.3 is 5.69 Å². The van der Waals surface area contributed by atoms with Gasteiger partial charge in [-0.25, -0.2) is 13.8 Å². The highest BCUT2D eigenvalue weighted by molar-refractivity contribution is 7.21. The van der Waals surface area contributed by atoms with E-state index in [0.717, 1.165) is 14.9 Å². The largest absolute Gasteiger partial charge is 0.496 e. The van der Waals surface area contributed by atoms with Gasteiger partial charge in [0.05, 0.1) is 44.6 Å². The van der Waals surface area contributed by atoms with Crippen LogP contribution in [0.25, 0.3) is 15.2 Å². The standard InChI is InChI=1S/C40H43FN6O6SSi/c1-26-34-36(49)46(31-18-19-42-35(31)48)39(50)45(38(34)54-37(26)47-43-20-21-44-47)25-33(30-24-27(41)16-17-32(30)51-5)52-22-23-53-55(40(2,3)4,28-12-8-6-9-13-28)29-14-10-7-11-15-29/h6-17,20-21,24,31,33H,18-19,22-23,25H2,1-5H3,(H,42,48)/t31?,33-/m0/s1. The van der Waals surface area contributed by atoms with Gasteiger partial charge in [0.2, 0.25) is 5.91 Å². The minimum atomic E-state index is -2.92. The van der Waals surface area contributed by atoms with Gasteiger partial charge in [-0.05, 0) is 47.0 Å². The number of amides is 1. The summed E-state index contributed by atoms with van der Waals surface area (Å²) in [6, 6.07) is 23.6. The van der Waals surface area contributed by atoms with Crippen LogP contribution in [0, 0.1) is 12.7 Å². The first-order valence-electron chi connectivity index (χ1n) is 18.1. The van der Waals surface area contributed by atoms with Crippen molar-refractivity contribution in [1.82, 2.24) is 29.4 Å². The van der Waals surface area contributed by atoms with Crippen LogP contribution in [-0.2, 0) is 20.5 Å². The van der Waals surface area contributed by atoms with Crippen LogP contribution < -0.4 is 31.7 Å². The Kier molecular flexibility index (Phi) is 10.7. The molecule has 1 aliphatic heterocycles. The van der Waals surface area contributed by atoms with Crippen molar-refractivity contribution in [2.75, 3.05) is 26.9 Å². The lowest BCUT2D eigenvalue weighted by Crippen LogP contribution is -2.66. The number of hydrogen-bond donors (Lipinski definition) is 1. The van der Waals surface area contributed by atoms with Gasteiger partial charge in [-0.1, -0.05) is 92.8 Å². The molecule has 1 unspecified atom stereocenters. The molecule has 6 aromatic rings. The summed E-state index contributed by atoms with van der Waals surface area (Å²) >= 11 is 1.18. The van der Waals surface area contributed by atoms with Gasteiger partial charge in [-0.2, -0.15) is 10.2 Å². The maximum Gasteiger partial charge on any atom is 0.332 e. The fourth-order valence-electron chi connectivity index (χ4n) is 7.64. The highest BCUT2D eigenvalue weighted by atomic mass is 32.1. The van der Waals surface area contributed by atoms with Crippen LogP contribution in [0.15, 0.2) is 101 Å². The number of nitrogens with zero attached hydrogens (tertiary/aromatic N) is 5. The SMILES string of the molecule is COc1ccc(F)cc1[C@H](Cn1c(=O)n(C2CCNC2=O)c(=O)c2c(C)c(-n3nccn3)sc21)OCCO[Si](c1ccccc1)(c1ccccc1)C(C)(C)C. The topological polar surface area (TPSA) is 132 Å². The molecule has 1 fully saturated rings. The number of fused-ring (bicyclic) bond motifs is 1. The summed E-state index contributed by atoms with van der Waals surface area (Å²) in [4.78, 5) is 43.4. The monoisotopic (exact) mass is 782 g/mol. The van der Waals surface area contributed by atoms with E-state index in [1.807, 2.05) is 36.4 Å². The highest BCUT2D eigenvalue weighted by Gasteiger charge is 2.50. The van der Waals surface area contributed by atoms with Crippen LogP contribution >= 0.6 is 11.3 Å². The Bertz CT molecular complexity index is 2390. The molecule has 55 heavy (non-hydrogen) atoms. The predicted molar refractivity (Wildman–Crippen MR) is 212 cm³/mol. The van der Waals surface area contributed by atoms with E-state index < -0.39 is 43.4 Å². The molecule has 12 nitrogen and oxygen atoms in total. The van der Waals surface area contributed by atoms with E-state index in [2.05, 4.69) is 60.6 Å². The Morgan fingerprint density at radius 1 is 0.964 bits per heavy atom. The molecular weight excluding hydrogens is 740 g/mol. The number of carbonyl (C=O) groups excluding carboxylic acids is 1. The molecule has 4 heterocycles. The second-order valence-corrected chi connectivity index (χ2v) is 19.7. The number of aromatic nitrogens is 5. The van der Waals surface area contributed by atoms with E-state index >= 15 is 4.39 Å². The second kappa shape index (κ2) is 15.5. The summed E-state index contributed by atoms with van der Waals surface area (Å²) < 4.78 is 36.9. The fourth-order valence-corrected chi connectivity index (χ4v) is 13.4. The van der Waals surface area contributed by atoms with E-state index in [-0.39, 0.29) is 36.6 Å². The average molecular weight is 783 g/mol. The average Bonchev–Trinajstić information content (AvgIpc) is 3.94. The quantitative estimate of drug-likeness (QED) is 0.132. The molecule has 3 aromatic heterocycles. The first-order chi connectivity index (χ1) is 26.5. The Morgan fingerprint density at radius 2 is 1.62 bits per heavy atom. The molecule has 286 valence electrons. The molecule has 15 heteroatoms. The molecular formula is C40H43FN6O6SSi. The van der Waals surface area contributed by atoms with Crippen LogP contribution in [-0.4, -0.2) is 65.2 Å². The molecule has 1 aliphatic rings. The third-order valence-electron chi connectivity index (χ3n) is 10.2. The van der Waals surface area contributed by atoms with Gasteiger partial charge in [-0.3, -0.25) is 14.2 Å². The van der Waals surface area contributed by atoms with Crippen molar-refractivity contribution in [2.45, 2.75) is 57.8 Å². The zero-order valence-electron chi connectivity index (χ0n) is 31.3. The molecule has 0 bridgehead atoms. The van der Waals surface area contributed by atoms with Crippen molar-refractivity contribution in [3.05, 3.63) is 129 Å². The first-order valence-corrected chi connectivity index (χ1v) is 20.8. The summed E-state index contributed by atoms with van der Waals surface area (Å²) in [5, 5.41) is 14.0. The van der Waals surface area contributed by atoms with Crippen molar-refractivity contribution in [3.8, 4) is 10.8 Å². The molecule has 1 N–H and O–H groups in total. The van der Waals surface area contributed by atoms with Crippen molar-refractivity contribution in [3.63, 3.8) is 0 Å². The number of hydrogen-bond acceptors (Lipinski definition) is 9.